The Balaban J connectivity index is 2.44. The number of cyclic esters (lactones) is 1. The van der Waals surface area contributed by atoms with E-state index >= 15 is 0 Å². The van der Waals surface area contributed by atoms with Gasteiger partial charge >= 0.3 is 5.97 Å². The zero-order valence-electron chi connectivity index (χ0n) is 5.59. The van der Waals surface area contributed by atoms with Gasteiger partial charge in [0.25, 0.3) is 0 Å². The maximum absolute atomic E-state index is 10.6. The van der Waals surface area contributed by atoms with Crippen LogP contribution in [0, 0.1) is 0 Å². The lowest BCUT2D eigenvalue weighted by Gasteiger charge is -2.23. The highest BCUT2D eigenvalue weighted by Crippen LogP contribution is 2.06. The quantitative estimate of drug-likeness (QED) is 0.443. The molecule has 0 saturated carbocycles. The second-order valence-electron chi connectivity index (χ2n) is 2.22. The summed E-state index contributed by atoms with van der Waals surface area (Å²) in [4.78, 5) is 10.6. The van der Waals surface area contributed by atoms with Crippen molar-refractivity contribution < 1.29 is 14.3 Å². The van der Waals surface area contributed by atoms with Gasteiger partial charge in [-0.05, 0) is 13.8 Å². The third kappa shape index (κ3) is 1.42. The molecule has 1 saturated heterocycles. The maximum Gasteiger partial charge on any atom is 0.335 e. The van der Waals surface area contributed by atoms with Crippen LogP contribution < -0.4 is 0 Å². The molecular weight excluding hydrogens is 120 g/mol. The van der Waals surface area contributed by atoms with Gasteiger partial charge < -0.3 is 9.47 Å². The number of esters is 1. The van der Waals surface area contributed by atoms with Crippen LogP contribution >= 0.6 is 0 Å². The van der Waals surface area contributed by atoms with E-state index in [9.17, 15) is 4.79 Å². The Morgan fingerprint density at radius 2 is 2.22 bits per heavy atom. The normalized spacial score (nSPS) is 36.0. The van der Waals surface area contributed by atoms with Gasteiger partial charge in [-0.2, -0.15) is 0 Å². The first-order chi connectivity index (χ1) is 4.20. The molecule has 1 rings (SSSR count). The van der Waals surface area contributed by atoms with Crippen LogP contribution in [0.2, 0.25) is 0 Å². The Labute approximate surface area is 53.9 Å². The van der Waals surface area contributed by atoms with Crippen LogP contribution in [-0.2, 0) is 14.3 Å². The molecule has 1 fully saturated rings. The van der Waals surface area contributed by atoms with Crippen molar-refractivity contribution in [1.82, 2.24) is 0 Å². The molecule has 0 radical (unpaired) electrons. The van der Waals surface area contributed by atoms with Gasteiger partial charge in [-0.25, -0.2) is 4.79 Å². The molecule has 0 bridgehead atoms. The lowest BCUT2D eigenvalue weighted by molar-refractivity contribution is -0.179. The molecule has 0 aliphatic carbocycles. The summed E-state index contributed by atoms with van der Waals surface area (Å²) in [6.45, 7) is 3.96. The van der Waals surface area contributed by atoms with Gasteiger partial charge in [0.1, 0.15) is 6.61 Å². The van der Waals surface area contributed by atoms with Crippen molar-refractivity contribution in [3.63, 3.8) is 0 Å². The topological polar surface area (TPSA) is 35.5 Å². The number of hydrogen-bond acceptors (Lipinski definition) is 3. The van der Waals surface area contributed by atoms with E-state index in [1.54, 1.807) is 6.92 Å². The van der Waals surface area contributed by atoms with Crippen molar-refractivity contribution in [1.29, 1.82) is 0 Å². The summed E-state index contributed by atoms with van der Waals surface area (Å²) in [5.74, 6) is -0.256. The standard InChI is InChI=1S/C6H10O3/c1-4-3-8-6(7)5(2)9-4/h4-5H,3H2,1-2H3. The van der Waals surface area contributed by atoms with E-state index in [2.05, 4.69) is 0 Å². The van der Waals surface area contributed by atoms with Gasteiger partial charge in [0.15, 0.2) is 6.10 Å². The van der Waals surface area contributed by atoms with E-state index in [-0.39, 0.29) is 18.2 Å². The Morgan fingerprint density at radius 3 is 2.67 bits per heavy atom. The minimum absolute atomic E-state index is 0.0534. The Morgan fingerprint density at radius 1 is 1.56 bits per heavy atom. The van der Waals surface area contributed by atoms with Crippen molar-refractivity contribution in [3.05, 3.63) is 0 Å². The molecule has 2 unspecified atom stereocenters. The fraction of sp³-hybridized carbons (Fsp3) is 0.833. The highest BCUT2D eigenvalue weighted by Gasteiger charge is 2.23. The third-order valence-corrected chi connectivity index (χ3v) is 1.23. The van der Waals surface area contributed by atoms with Crippen molar-refractivity contribution in [2.75, 3.05) is 6.61 Å². The van der Waals surface area contributed by atoms with Crippen LogP contribution in [0.4, 0.5) is 0 Å². The van der Waals surface area contributed by atoms with Crippen LogP contribution in [-0.4, -0.2) is 24.8 Å². The fourth-order valence-corrected chi connectivity index (χ4v) is 0.760. The predicted octanol–water partition coefficient (Wildman–Crippen LogP) is 0.337. The highest BCUT2D eigenvalue weighted by atomic mass is 16.6. The van der Waals surface area contributed by atoms with Gasteiger partial charge in [-0.3, -0.25) is 0 Å². The average molecular weight is 130 g/mol. The predicted molar refractivity (Wildman–Crippen MR) is 31.0 cm³/mol. The molecular formula is C6H10O3. The van der Waals surface area contributed by atoms with E-state index < -0.39 is 0 Å². The van der Waals surface area contributed by atoms with Crippen molar-refractivity contribution in [2.45, 2.75) is 26.1 Å². The smallest absolute Gasteiger partial charge is 0.335 e. The van der Waals surface area contributed by atoms with Gasteiger partial charge in [0.2, 0.25) is 0 Å². The zero-order chi connectivity index (χ0) is 6.85. The molecule has 0 amide bonds. The highest BCUT2D eigenvalue weighted by molar-refractivity contribution is 5.74. The largest absolute Gasteiger partial charge is 0.461 e. The molecule has 0 aromatic carbocycles. The van der Waals surface area contributed by atoms with Crippen LogP contribution in [0.3, 0.4) is 0 Å². The summed E-state index contributed by atoms with van der Waals surface area (Å²) in [5.41, 5.74) is 0. The molecule has 2 atom stereocenters. The third-order valence-electron chi connectivity index (χ3n) is 1.23. The van der Waals surface area contributed by atoms with E-state index in [0.29, 0.717) is 6.61 Å². The van der Waals surface area contributed by atoms with Gasteiger partial charge in [0, 0.05) is 0 Å². The van der Waals surface area contributed by atoms with E-state index in [1.165, 1.54) is 0 Å². The van der Waals surface area contributed by atoms with Crippen LogP contribution in [0.1, 0.15) is 13.8 Å². The first-order valence-electron chi connectivity index (χ1n) is 3.02. The molecule has 1 aliphatic rings. The first-order valence-corrected chi connectivity index (χ1v) is 3.02. The average Bonchev–Trinajstić information content (AvgIpc) is 1.80. The molecule has 0 spiro atoms. The fourth-order valence-electron chi connectivity index (χ4n) is 0.760. The lowest BCUT2D eigenvalue weighted by Crippen LogP contribution is -2.36. The monoisotopic (exact) mass is 130 g/mol. The van der Waals surface area contributed by atoms with Crippen LogP contribution in [0.5, 0.6) is 0 Å². The molecule has 9 heavy (non-hydrogen) atoms. The minimum atomic E-state index is -0.381. The summed E-state index contributed by atoms with van der Waals surface area (Å²) >= 11 is 0. The number of rotatable bonds is 0. The van der Waals surface area contributed by atoms with Crippen molar-refractivity contribution >= 4 is 5.97 Å². The molecule has 1 aliphatic heterocycles. The molecule has 3 heteroatoms. The molecule has 1 heterocycles. The van der Waals surface area contributed by atoms with E-state index in [1.807, 2.05) is 6.92 Å². The van der Waals surface area contributed by atoms with Crippen LogP contribution in [0.25, 0.3) is 0 Å². The molecule has 3 nitrogen and oxygen atoms in total. The number of hydrogen-bond donors (Lipinski definition) is 0. The van der Waals surface area contributed by atoms with Crippen molar-refractivity contribution in [3.8, 4) is 0 Å². The number of carbonyl (C=O) groups is 1. The first kappa shape index (κ1) is 6.55. The van der Waals surface area contributed by atoms with E-state index in [0.717, 1.165) is 0 Å². The molecule has 0 aromatic heterocycles. The summed E-state index contributed by atoms with van der Waals surface area (Å²) in [7, 11) is 0. The van der Waals surface area contributed by atoms with E-state index in [4.69, 9.17) is 9.47 Å². The summed E-state index contributed by atoms with van der Waals surface area (Å²) in [6.07, 6.45) is -0.327. The Kier molecular flexibility index (Phi) is 1.71. The van der Waals surface area contributed by atoms with Crippen LogP contribution in [0.15, 0.2) is 0 Å². The zero-order valence-corrected chi connectivity index (χ0v) is 5.59. The maximum atomic E-state index is 10.6. The lowest BCUT2D eigenvalue weighted by atomic mass is 10.3. The molecule has 52 valence electrons. The Bertz CT molecular complexity index is 121. The second kappa shape index (κ2) is 2.35. The summed E-state index contributed by atoms with van der Waals surface area (Å²) in [6, 6.07) is 0. The van der Waals surface area contributed by atoms with Gasteiger partial charge in [-0.1, -0.05) is 0 Å². The SMILES string of the molecule is CC1COC(=O)C(C)O1. The van der Waals surface area contributed by atoms with Crippen molar-refractivity contribution in [2.24, 2.45) is 0 Å². The number of carbonyl (C=O) groups excluding carboxylic acids is 1. The molecule has 0 N–H and O–H groups in total. The molecule has 0 aromatic rings. The number of ether oxygens (including phenoxy) is 2. The van der Waals surface area contributed by atoms with Gasteiger partial charge in [-0.15, -0.1) is 0 Å². The summed E-state index contributed by atoms with van der Waals surface area (Å²) in [5, 5.41) is 0. The Hall–Kier alpha value is -0.570. The second-order valence-corrected chi connectivity index (χ2v) is 2.22. The summed E-state index contributed by atoms with van der Waals surface area (Å²) < 4.78 is 9.86. The van der Waals surface area contributed by atoms with Gasteiger partial charge in [0.05, 0.1) is 6.10 Å². The minimum Gasteiger partial charge on any atom is -0.461 e.